The lowest BCUT2D eigenvalue weighted by Crippen LogP contribution is -2.37. The summed E-state index contributed by atoms with van der Waals surface area (Å²) in [6.07, 6.45) is 1.70. The Morgan fingerprint density at radius 2 is 2.55 bits per heavy atom. The van der Waals surface area contributed by atoms with Crippen LogP contribution >= 0.6 is 11.8 Å². The number of aldehydes is 1. The van der Waals surface area contributed by atoms with Crippen molar-refractivity contribution in [3.05, 3.63) is 0 Å². The summed E-state index contributed by atoms with van der Waals surface area (Å²) in [7, 11) is 0. The number of rotatable bonds is 3. The fourth-order valence-corrected chi connectivity index (χ4v) is 2.41. The summed E-state index contributed by atoms with van der Waals surface area (Å²) < 4.78 is 0. The van der Waals surface area contributed by atoms with E-state index in [9.17, 15) is 4.79 Å². The Morgan fingerprint density at radius 3 is 3.18 bits per heavy atom. The first-order valence-corrected chi connectivity index (χ1v) is 5.15. The Labute approximate surface area is 72.3 Å². The van der Waals surface area contributed by atoms with E-state index < -0.39 is 0 Å². The van der Waals surface area contributed by atoms with Crippen molar-refractivity contribution in [1.82, 2.24) is 4.90 Å². The van der Waals surface area contributed by atoms with Crippen LogP contribution in [0.3, 0.4) is 0 Å². The summed E-state index contributed by atoms with van der Waals surface area (Å²) in [4.78, 5) is 12.5. The maximum absolute atomic E-state index is 10.1. The molecule has 0 N–H and O–H groups in total. The van der Waals surface area contributed by atoms with Crippen LogP contribution in [0.1, 0.15) is 13.3 Å². The van der Waals surface area contributed by atoms with Gasteiger partial charge in [0.1, 0.15) is 6.29 Å². The molecule has 1 rings (SSSR count). The standard InChI is InChI=1S/C8H15NOS/c1-8-7-9(3-2-5-10)4-6-11-8/h5,8H,2-4,6-7H2,1H3. The van der Waals surface area contributed by atoms with E-state index in [4.69, 9.17) is 0 Å². The van der Waals surface area contributed by atoms with Gasteiger partial charge in [-0.05, 0) is 0 Å². The predicted octanol–water partition coefficient (Wildman–Crippen LogP) is 1.01. The molecule has 0 aromatic carbocycles. The van der Waals surface area contributed by atoms with Crippen molar-refractivity contribution in [2.45, 2.75) is 18.6 Å². The Hall–Kier alpha value is -0.0200. The molecule has 1 unspecified atom stereocenters. The van der Waals surface area contributed by atoms with Gasteiger partial charge in [0.2, 0.25) is 0 Å². The highest BCUT2D eigenvalue weighted by Crippen LogP contribution is 2.17. The molecule has 3 heteroatoms. The van der Waals surface area contributed by atoms with Gasteiger partial charge in [-0.25, -0.2) is 0 Å². The highest BCUT2D eigenvalue weighted by molar-refractivity contribution is 7.99. The van der Waals surface area contributed by atoms with Crippen LogP contribution in [0.2, 0.25) is 0 Å². The summed E-state index contributed by atoms with van der Waals surface area (Å²) in [6, 6.07) is 0. The van der Waals surface area contributed by atoms with Crippen molar-refractivity contribution in [3.8, 4) is 0 Å². The summed E-state index contributed by atoms with van der Waals surface area (Å²) in [6.45, 7) is 5.51. The first-order valence-electron chi connectivity index (χ1n) is 4.10. The van der Waals surface area contributed by atoms with Crippen LogP contribution in [0.5, 0.6) is 0 Å². The lowest BCUT2D eigenvalue weighted by Gasteiger charge is -2.29. The molecule has 2 nitrogen and oxygen atoms in total. The molecule has 0 aromatic rings. The van der Waals surface area contributed by atoms with Gasteiger partial charge in [-0.15, -0.1) is 0 Å². The van der Waals surface area contributed by atoms with E-state index in [0.29, 0.717) is 6.42 Å². The number of thioether (sulfide) groups is 1. The lowest BCUT2D eigenvalue weighted by atomic mass is 10.3. The van der Waals surface area contributed by atoms with Crippen LogP contribution in [0.4, 0.5) is 0 Å². The molecule has 0 bridgehead atoms. The van der Waals surface area contributed by atoms with Gasteiger partial charge in [-0.2, -0.15) is 11.8 Å². The van der Waals surface area contributed by atoms with Crippen LogP contribution < -0.4 is 0 Å². The molecule has 0 amide bonds. The van der Waals surface area contributed by atoms with E-state index in [2.05, 4.69) is 11.8 Å². The quantitative estimate of drug-likeness (QED) is 0.594. The second kappa shape index (κ2) is 4.78. The smallest absolute Gasteiger partial charge is 0.121 e. The third-order valence-electron chi connectivity index (χ3n) is 1.89. The van der Waals surface area contributed by atoms with Crippen molar-refractivity contribution in [2.24, 2.45) is 0 Å². The van der Waals surface area contributed by atoms with Crippen molar-refractivity contribution in [2.75, 3.05) is 25.4 Å². The van der Waals surface area contributed by atoms with Crippen LogP contribution in [0, 0.1) is 0 Å². The minimum atomic E-state index is 0.692. The van der Waals surface area contributed by atoms with Crippen molar-refractivity contribution in [3.63, 3.8) is 0 Å². The monoisotopic (exact) mass is 173 g/mol. The topological polar surface area (TPSA) is 20.3 Å². The van der Waals surface area contributed by atoms with Crippen LogP contribution in [0.15, 0.2) is 0 Å². The summed E-state index contributed by atoms with van der Waals surface area (Å²) >= 11 is 2.03. The minimum Gasteiger partial charge on any atom is -0.303 e. The lowest BCUT2D eigenvalue weighted by molar-refractivity contribution is -0.108. The van der Waals surface area contributed by atoms with Gasteiger partial charge >= 0.3 is 0 Å². The fraction of sp³-hybridized carbons (Fsp3) is 0.875. The number of carbonyl (C=O) groups excluding carboxylic acids is 1. The summed E-state index contributed by atoms with van der Waals surface area (Å²) in [5.41, 5.74) is 0. The number of carbonyl (C=O) groups is 1. The van der Waals surface area contributed by atoms with E-state index in [0.717, 1.165) is 31.2 Å². The average Bonchev–Trinajstić information content (AvgIpc) is 2.01. The van der Waals surface area contributed by atoms with Gasteiger partial charge in [0.05, 0.1) is 0 Å². The molecule has 0 saturated carbocycles. The second-order valence-electron chi connectivity index (χ2n) is 2.94. The molecule has 0 radical (unpaired) electrons. The summed E-state index contributed by atoms with van der Waals surface area (Å²) in [5.74, 6) is 1.22. The molecule has 64 valence electrons. The molecule has 0 aromatic heterocycles. The first-order chi connectivity index (χ1) is 5.33. The Kier molecular flexibility index (Phi) is 3.94. The molecular formula is C8H15NOS. The SMILES string of the molecule is CC1CN(CCC=O)CCS1. The second-order valence-corrected chi connectivity index (χ2v) is 4.48. The largest absolute Gasteiger partial charge is 0.303 e. The van der Waals surface area contributed by atoms with E-state index in [-0.39, 0.29) is 0 Å². The van der Waals surface area contributed by atoms with Gasteiger partial charge < -0.3 is 9.69 Å². The number of hydrogen-bond donors (Lipinski definition) is 0. The molecule has 1 aliphatic heterocycles. The number of nitrogens with zero attached hydrogens (tertiary/aromatic N) is 1. The van der Waals surface area contributed by atoms with Crippen molar-refractivity contribution < 1.29 is 4.79 Å². The normalized spacial score (nSPS) is 26.8. The van der Waals surface area contributed by atoms with Crippen LogP contribution in [-0.2, 0) is 4.79 Å². The zero-order chi connectivity index (χ0) is 8.10. The molecule has 11 heavy (non-hydrogen) atoms. The molecule has 1 aliphatic rings. The van der Waals surface area contributed by atoms with Crippen molar-refractivity contribution >= 4 is 18.0 Å². The summed E-state index contributed by atoms with van der Waals surface area (Å²) in [5, 5.41) is 0.746. The first kappa shape index (κ1) is 9.07. The zero-order valence-electron chi connectivity index (χ0n) is 6.95. The van der Waals surface area contributed by atoms with Gasteiger partial charge in [0.25, 0.3) is 0 Å². The molecule has 1 saturated heterocycles. The Bertz CT molecular complexity index is 129. The minimum absolute atomic E-state index is 0.692. The van der Waals surface area contributed by atoms with Crippen molar-refractivity contribution in [1.29, 1.82) is 0 Å². The predicted molar refractivity (Wildman–Crippen MR) is 49.0 cm³/mol. The molecule has 1 fully saturated rings. The molecule has 0 spiro atoms. The van der Waals surface area contributed by atoms with E-state index in [1.807, 2.05) is 11.8 Å². The Morgan fingerprint density at radius 1 is 1.73 bits per heavy atom. The maximum Gasteiger partial charge on any atom is 0.121 e. The van der Waals surface area contributed by atoms with E-state index in [1.165, 1.54) is 5.75 Å². The zero-order valence-corrected chi connectivity index (χ0v) is 7.77. The highest BCUT2D eigenvalue weighted by atomic mass is 32.2. The fourth-order valence-electron chi connectivity index (χ4n) is 1.33. The third-order valence-corrected chi connectivity index (χ3v) is 3.02. The van der Waals surface area contributed by atoms with E-state index >= 15 is 0 Å². The number of hydrogen-bond acceptors (Lipinski definition) is 3. The molecule has 1 heterocycles. The molecule has 0 aliphatic carbocycles. The Balaban J connectivity index is 2.17. The highest BCUT2D eigenvalue weighted by Gasteiger charge is 2.15. The van der Waals surface area contributed by atoms with E-state index in [1.54, 1.807) is 0 Å². The van der Waals surface area contributed by atoms with Crippen LogP contribution in [0.25, 0.3) is 0 Å². The third kappa shape index (κ3) is 3.25. The van der Waals surface area contributed by atoms with Gasteiger partial charge in [-0.1, -0.05) is 6.92 Å². The van der Waals surface area contributed by atoms with Gasteiger partial charge in [0, 0.05) is 37.1 Å². The molecule has 1 atom stereocenters. The molecular weight excluding hydrogens is 158 g/mol. The average molecular weight is 173 g/mol. The van der Waals surface area contributed by atoms with Gasteiger partial charge in [0.15, 0.2) is 0 Å². The van der Waals surface area contributed by atoms with Crippen LogP contribution in [-0.4, -0.2) is 41.8 Å². The van der Waals surface area contributed by atoms with Gasteiger partial charge in [-0.3, -0.25) is 0 Å². The maximum atomic E-state index is 10.1.